The van der Waals surface area contributed by atoms with Crippen LogP contribution in [0.4, 0.5) is 0 Å². The molecular weight excluding hydrogens is 352 g/mol. The van der Waals surface area contributed by atoms with E-state index in [4.69, 9.17) is 0 Å². The molecule has 0 aliphatic carbocycles. The molecule has 0 bridgehead atoms. The Morgan fingerprint density at radius 2 is 1.96 bits per heavy atom. The number of carbonyl (C=O) groups excluding carboxylic acids is 2. The molecule has 0 radical (unpaired) electrons. The van der Waals surface area contributed by atoms with Crippen molar-refractivity contribution in [2.75, 3.05) is 26.2 Å². The van der Waals surface area contributed by atoms with E-state index >= 15 is 0 Å². The summed E-state index contributed by atoms with van der Waals surface area (Å²) in [4.78, 5) is 33.7. The van der Waals surface area contributed by atoms with Crippen LogP contribution in [0.1, 0.15) is 51.6 Å². The molecule has 2 aliphatic heterocycles. The second kappa shape index (κ2) is 10.0. The summed E-state index contributed by atoms with van der Waals surface area (Å²) in [5.74, 6) is 0.898. The molecule has 2 saturated heterocycles. The van der Waals surface area contributed by atoms with Gasteiger partial charge in [0.25, 0.3) is 0 Å². The zero-order chi connectivity index (χ0) is 19.9. The Morgan fingerprint density at radius 1 is 1.18 bits per heavy atom. The van der Waals surface area contributed by atoms with E-state index in [1.165, 1.54) is 0 Å². The molecule has 3 rings (SSSR count). The van der Waals surface area contributed by atoms with E-state index in [-0.39, 0.29) is 11.8 Å². The van der Waals surface area contributed by atoms with Crippen LogP contribution in [0, 0.1) is 11.8 Å². The van der Waals surface area contributed by atoms with Crippen LogP contribution in [0.15, 0.2) is 24.4 Å². The van der Waals surface area contributed by atoms with Crippen molar-refractivity contribution in [3.63, 3.8) is 0 Å². The molecule has 154 valence electrons. The number of amides is 2. The lowest BCUT2D eigenvalue weighted by atomic mass is 9.93. The smallest absolute Gasteiger partial charge is 0.224 e. The quantitative estimate of drug-likeness (QED) is 0.816. The Kier molecular flexibility index (Phi) is 7.43. The van der Waals surface area contributed by atoms with Crippen molar-refractivity contribution in [1.29, 1.82) is 0 Å². The Hall–Kier alpha value is -1.95. The summed E-state index contributed by atoms with van der Waals surface area (Å²) in [6.07, 6.45) is 6.46. The number of hydrogen-bond donors (Lipinski definition) is 1. The SMILES string of the molecule is CC(C)CC(=O)N1CCC(N2CCC[C@H](C(=O)NCc3ccccn3)C2)CC1. The van der Waals surface area contributed by atoms with Gasteiger partial charge >= 0.3 is 0 Å². The van der Waals surface area contributed by atoms with Crippen molar-refractivity contribution in [2.24, 2.45) is 11.8 Å². The molecule has 6 heteroatoms. The van der Waals surface area contributed by atoms with Gasteiger partial charge in [-0.15, -0.1) is 0 Å². The summed E-state index contributed by atoms with van der Waals surface area (Å²) in [6, 6.07) is 6.25. The summed E-state index contributed by atoms with van der Waals surface area (Å²) >= 11 is 0. The molecule has 3 heterocycles. The Morgan fingerprint density at radius 3 is 2.64 bits per heavy atom. The molecule has 28 heavy (non-hydrogen) atoms. The van der Waals surface area contributed by atoms with E-state index in [1.807, 2.05) is 23.1 Å². The van der Waals surface area contributed by atoms with Crippen molar-refractivity contribution >= 4 is 11.8 Å². The van der Waals surface area contributed by atoms with Crippen LogP contribution in [-0.4, -0.2) is 58.8 Å². The first-order valence-electron chi connectivity index (χ1n) is 10.7. The van der Waals surface area contributed by atoms with E-state index < -0.39 is 0 Å². The van der Waals surface area contributed by atoms with Crippen molar-refractivity contribution in [3.05, 3.63) is 30.1 Å². The number of likely N-dealkylation sites (tertiary alicyclic amines) is 2. The molecule has 1 N–H and O–H groups in total. The van der Waals surface area contributed by atoms with Gasteiger partial charge in [0.1, 0.15) is 0 Å². The van der Waals surface area contributed by atoms with Gasteiger partial charge in [-0.1, -0.05) is 19.9 Å². The lowest BCUT2D eigenvalue weighted by molar-refractivity contribution is -0.133. The van der Waals surface area contributed by atoms with Crippen molar-refractivity contribution in [3.8, 4) is 0 Å². The molecule has 6 nitrogen and oxygen atoms in total. The third kappa shape index (κ3) is 5.77. The van der Waals surface area contributed by atoms with Crippen LogP contribution in [0.3, 0.4) is 0 Å². The second-order valence-corrected chi connectivity index (χ2v) is 8.58. The monoisotopic (exact) mass is 386 g/mol. The molecule has 0 unspecified atom stereocenters. The van der Waals surface area contributed by atoms with Crippen molar-refractivity contribution < 1.29 is 9.59 Å². The number of nitrogens with zero attached hydrogens (tertiary/aromatic N) is 3. The average molecular weight is 387 g/mol. The summed E-state index contributed by atoms with van der Waals surface area (Å²) in [5, 5.41) is 3.05. The maximum Gasteiger partial charge on any atom is 0.224 e. The van der Waals surface area contributed by atoms with Gasteiger partial charge in [-0.25, -0.2) is 0 Å². The highest BCUT2D eigenvalue weighted by Crippen LogP contribution is 2.24. The lowest BCUT2D eigenvalue weighted by Crippen LogP contribution is -2.51. The molecule has 0 spiro atoms. The Balaban J connectivity index is 1.44. The third-order valence-corrected chi connectivity index (χ3v) is 5.91. The molecular formula is C22H34N4O2. The Labute approximate surface area is 168 Å². The van der Waals surface area contributed by atoms with Crippen LogP contribution in [0.25, 0.3) is 0 Å². The van der Waals surface area contributed by atoms with Crippen LogP contribution >= 0.6 is 0 Å². The number of hydrogen-bond acceptors (Lipinski definition) is 4. The van der Waals surface area contributed by atoms with E-state index in [2.05, 4.69) is 29.0 Å². The molecule has 1 atom stereocenters. The van der Waals surface area contributed by atoms with Gasteiger partial charge < -0.3 is 10.2 Å². The topological polar surface area (TPSA) is 65.5 Å². The first kappa shape index (κ1) is 20.8. The third-order valence-electron chi connectivity index (χ3n) is 5.91. The van der Waals surface area contributed by atoms with Gasteiger partial charge in [-0.2, -0.15) is 0 Å². The first-order chi connectivity index (χ1) is 13.5. The van der Waals surface area contributed by atoms with Gasteiger partial charge in [0.05, 0.1) is 18.2 Å². The first-order valence-corrected chi connectivity index (χ1v) is 10.7. The molecule has 0 aromatic carbocycles. The zero-order valence-electron chi connectivity index (χ0n) is 17.3. The van der Waals surface area contributed by atoms with Gasteiger partial charge in [-0.3, -0.25) is 19.5 Å². The fourth-order valence-electron chi connectivity index (χ4n) is 4.34. The fourth-order valence-corrected chi connectivity index (χ4v) is 4.34. The molecule has 2 aliphatic rings. The van der Waals surface area contributed by atoms with E-state index in [0.717, 1.165) is 57.6 Å². The highest BCUT2D eigenvalue weighted by molar-refractivity contribution is 5.79. The predicted octanol–water partition coefficient (Wildman–Crippen LogP) is 2.45. The number of nitrogens with one attached hydrogen (secondary N) is 1. The van der Waals surface area contributed by atoms with Gasteiger partial charge in [-0.05, 0) is 50.3 Å². The molecule has 2 amide bonds. The minimum absolute atomic E-state index is 0.0538. The highest BCUT2D eigenvalue weighted by atomic mass is 16.2. The summed E-state index contributed by atoms with van der Waals surface area (Å²) in [7, 11) is 0. The minimum atomic E-state index is 0.0538. The predicted molar refractivity (Wildman–Crippen MR) is 109 cm³/mol. The maximum atomic E-state index is 12.6. The van der Waals surface area contributed by atoms with Crippen LogP contribution in [0.2, 0.25) is 0 Å². The minimum Gasteiger partial charge on any atom is -0.350 e. The van der Waals surface area contributed by atoms with E-state index in [9.17, 15) is 9.59 Å². The van der Waals surface area contributed by atoms with Crippen LogP contribution in [0.5, 0.6) is 0 Å². The lowest BCUT2D eigenvalue weighted by Gasteiger charge is -2.42. The second-order valence-electron chi connectivity index (χ2n) is 8.58. The standard InChI is InChI=1S/C22H34N4O2/c1-17(2)14-21(27)25-12-8-20(9-13-25)26-11-5-6-18(16-26)22(28)24-15-19-7-3-4-10-23-19/h3-4,7,10,17-18,20H,5-6,8-9,11-16H2,1-2H3,(H,24,28)/t18-/m0/s1. The summed E-state index contributed by atoms with van der Waals surface area (Å²) < 4.78 is 0. The van der Waals surface area contributed by atoms with Gasteiger partial charge in [0, 0.05) is 38.3 Å². The molecule has 1 aromatic rings. The molecule has 0 saturated carbocycles. The number of aromatic nitrogens is 1. The van der Waals surface area contributed by atoms with Crippen molar-refractivity contribution in [1.82, 2.24) is 20.1 Å². The number of pyridine rings is 1. The van der Waals surface area contributed by atoms with Gasteiger partial charge in [0.2, 0.25) is 11.8 Å². The van der Waals surface area contributed by atoms with E-state index in [0.29, 0.717) is 30.8 Å². The number of carbonyl (C=O) groups is 2. The molecule has 2 fully saturated rings. The summed E-state index contributed by atoms with van der Waals surface area (Å²) in [5.41, 5.74) is 0.891. The molecule has 1 aromatic heterocycles. The average Bonchev–Trinajstić information content (AvgIpc) is 2.72. The van der Waals surface area contributed by atoms with Crippen LogP contribution < -0.4 is 5.32 Å². The number of rotatable bonds is 6. The maximum absolute atomic E-state index is 12.6. The Bertz CT molecular complexity index is 641. The number of piperidine rings is 2. The van der Waals surface area contributed by atoms with Crippen LogP contribution in [-0.2, 0) is 16.1 Å². The van der Waals surface area contributed by atoms with Gasteiger partial charge in [0.15, 0.2) is 0 Å². The largest absolute Gasteiger partial charge is 0.350 e. The normalized spacial score (nSPS) is 21.7. The zero-order valence-corrected chi connectivity index (χ0v) is 17.3. The summed E-state index contributed by atoms with van der Waals surface area (Å²) in [6.45, 7) is 8.28. The fraction of sp³-hybridized carbons (Fsp3) is 0.682. The van der Waals surface area contributed by atoms with Crippen molar-refractivity contribution in [2.45, 2.75) is 58.5 Å². The van der Waals surface area contributed by atoms with E-state index in [1.54, 1.807) is 6.20 Å². The highest BCUT2D eigenvalue weighted by Gasteiger charge is 2.32.